The normalized spacial score (nSPS) is 19.6. The van der Waals surface area contributed by atoms with Crippen molar-refractivity contribution in [2.45, 2.75) is 31.8 Å². The number of nitrogens with one attached hydrogen (secondary N) is 1. The zero-order valence-electron chi connectivity index (χ0n) is 9.92. The minimum atomic E-state index is -0.495. The second kappa shape index (κ2) is 6.16. The first-order valence-corrected chi connectivity index (χ1v) is 6.39. The molecule has 1 heterocycles. The topological polar surface area (TPSA) is 38.3 Å². The van der Waals surface area contributed by atoms with E-state index in [2.05, 4.69) is 5.32 Å². The molecule has 1 aliphatic heterocycles. The molecule has 1 N–H and O–H groups in total. The van der Waals surface area contributed by atoms with E-state index < -0.39 is 5.82 Å². The number of carbonyl (C=O) groups is 1. The second-order valence-corrected chi connectivity index (χ2v) is 4.78. The van der Waals surface area contributed by atoms with Gasteiger partial charge in [0.1, 0.15) is 5.82 Å². The molecule has 0 aromatic heterocycles. The molecule has 5 heteroatoms. The number of rotatable bonds is 3. The minimum Gasteiger partial charge on any atom is -0.378 e. The van der Waals surface area contributed by atoms with Gasteiger partial charge in [0.25, 0.3) is 0 Å². The van der Waals surface area contributed by atoms with Crippen molar-refractivity contribution in [3.8, 4) is 0 Å². The smallest absolute Gasteiger partial charge is 0.226 e. The van der Waals surface area contributed by atoms with E-state index in [1.165, 1.54) is 18.2 Å². The molecule has 1 aliphatic rings. The number of hydrogen-bond donors (Lipinski definition) is 1. The van der Waals surface area contributed by atoms with Crippen molar-refractivity contribution in [3.63, 3.8) is 0 Å². The van der Waals surface area contributed by atoms with E-state index in [-0.39, 0.29) is 17.0 Å². The number of carbonyl (C=O) groups excluding carboxylic acids is 1. The molecule has 0 spiro atoms. The molecular weight excluding hydrogens is 257 g/mol. The van der Waals surface area contributed by atoms with Crippen LogP contribution < -0.4 is 5.32 Å². The fourth-order valence-corrected chi connectivity index (χ4v) is 2.14. The lowest BCUT2D eigenvalue weighted by molar-refractivity contribution is -0.119. The fraction of sp³-hybridized carbons (Fsp3) is 0.462. The van der Waals surface area contributed by atoms with Crippen LogP contribution in [-0.4, -0.2) is 18.6 Å². The Balaban J connectivity index is 1.88. The quantitative estimate of drug-likeness (QED) is 0.915. The van der Waals surface area contributed by atoms with Crippen molar-refractivity contribution in [2.75, 3.05) is 11.9 Å². The summed E-state index contributed by atoms with van der Waals surface area (Å²) in [6.45, 7) is 0.723. The highest BCUT2D eigenvalue weighted by Gasteiger charge is 2.17. The van der Waals surface area contributed by atoms with E-state index in [4.69, 9.17) is 16.3 Å². The predicted octanol–water partition coefficient (Wildman–Crippen LogP) is 3.38. The molecule has 0 aliphatic carbocycles. The predicted molar refractivity (Wildman–Crippen MR) is 68.2 cm³/mol. The van der Waals surface area contributed by atoms with Gasteiger partial charge >= 0.3 is 0 Å². The van der Waals surface area contributed by atoms with Crippen LogP contribution in [-0.2, 0) is 9.53 Å². The van der Waals surface area contributed by atoms with Crippen molar-refractivity contribution in [3.05, 3.63) is 29.0 Å². The summed E-state index contributed by atoms with van der Waals surface area (Å²) in [7, 11) is 0. The zero-order valence-corrected chi connectivity index (χ0v) is 10.7. The Hall–Kier alpha value is -1.13. The third-order valence-corrected chi connectivity index (χ3v) is 3.18. The molecule has 0 saturated carbocycles. The van der Waals surface area contributed by atoms with Crippen LogP contribution in [0.1, 0.15) is 25.7 Å². The summed E-state index contributed by atoms with van der Waals surface area (Å²) in [6, 6.07) is 4.12. The third-order valence-electron chi connectivity index (χ3n) is 2.89. The van der Waals surface area contributed by atoms with Gasteiger partial charge in [0.15, 0.2) is 0 Å². The van der Waals surface area contributed by atoms with Crippen molar-refractivity contribution < 1.29 is 13.9 Å². The van der Waals surface area contributed by atoms with Crippen LogP contribution in [0.15, 0.2) is 18.2 Å². The summed E-state index contributed by atoms with van der Waals surface area (Å²) < 4.78 is 18.4. The van der Waals surface area contributed by atoms with E-state index in [1.54, 1.807) is 0 Å². The summed E-state index contributed by atoms with van der Waals surface area (Å²) in [5.74, 6) is -0.630. The summed E-state index contributed by atoms with van der Waals surface area (Å²) in [5.41, 5.74) is 0.502. The second-order valence-electron chi connectivity index (χ2n) is 4.37. The maximum Gasteiger partial charge on any atom is 0.226 e. The van der Waals surface area contributed by atoms with Crippen molar-refractivity contribution in [1.82, 2.24) is 0 Å². The molecule has 1 amide bonds. The average Bonchev–Trinajstić information content (AvgIpc) is 2.35. The summed E-state index contributed by atoms with van der Waals surface area (Å²) in [6.07, 6.45) is 3.40. The van der Waals surface area contributed by atoms with Gasteiger partial charge in [-0.15, -0.1) is 0 Å². The van der Waals surface area contributed by atoms with Gasteiger partial charge in [0.2, 0.25) is 5.91 Å². The van der Waals surface area contributed by atoms with Crippen LogP contribution in [0.5, 0.6) is 0 Å². The molecule has 1 aromatic carbocycles. The van der Waals surface area contributed by atoms with Crippen LogP contribution >= 0.6 is 11.6 Å². The number of amides is 1. The number of benzene rings is 1. The summed E-state index contributed by atoms with van der Waals surface area (Å²) in [5, 5.41) is 2.69. The molecule has 0 bridgehead atoms. The SMILES string of the molecule is O=C(CC1CCCCO1)Nc1ccc(F)c(Cl)c1. The van der Waals surface area contributed by atoms with Crippen molar-refractivity contribution >= 4 is 23.2 Å². The first-order chi connectivity index (χ1) is 8.65. The molecular formula is C13H15ClFNO2. The Kier molecular flexibility index (Phi) is 4.55. The number of halogens is 2. The lowest BCUT2D eigenvalue weighted by Gasteiger charge is -2.21. The number of hydrogen-bond acceptors (Lipinski definition) is 2. The molecule has 1 fully saturated rings. The monoisotopic (exact) mass is 271 g/mol. The largest absolute Gasteiger partial charge is 0.378 e. The average molecular weight is 272 g/mol. The molecule has 2 rings (SSSR count). The highest BCUT2D eigenvalue weighted by Crippen LogP contribution is 2.20. The van der Waals surface area contributed by atoms with E-state index in [0.29, 0.717) is 12.1 Å². The van der Waals surface area contributed by atoms with Crippen molar-refractivity contribution in [1.29, 1.82) is 0 Å². The third kappa shape index (κ3) is 3.68. The Morgan fingerprint density at radius 2 is 2.33 bits per heavy atom. The highest BCUT2D eigenvalue weighted by molar-refractivity contribution is 6.31. The first-order valence-electron chi connectivity index (χ1n) is 6.01. The first kappa shape index (κ1) is 13.3. The molecule has 18 heavy (non-hydrogen) atoms. The van der Waals surface area contributed by atoms with Crippen LogP contribution in [0, 0.1) is 5.82 Å². The van der Waals surface area contributed by atoms with Gasteiger partial charge in [-0.1, -0.05) is 11.6 Å². The molecule has 98 valence electrons. The van der Waals surface area contributed by atoms with E-state index in [1.807, 2.05) is 0 Å². The molecule has 3 nitrogen and oxygen atoms in total. The molecule has 1 atom stereocenters. The summed E-state index contributed by atoms with van der Waals surface area (Å²) in [4.78, 5) is 11.7. The molecule has 1 aromatic rings. The highest BCUT2D eigenvalue weighted by atomic mass is 35.5. The fourth-order valence-electron chi connectivity index (χ4n) is 1.96. The lowest BCUT2D eigenvalue weighted by Crippen LogP contribution is -2.25. The Bertz CT molecular complexity index is 433. The van der Waals surface area contributed by atoms with Gasteiger partial charge in [-0.25, -0.2) is 4.39 Å². The molecule has 0 radical (unpaired) electrons. The maximum atomic E-state index is 12.9. The minimum absolute atomic E-state index is 0.00159. The zero-order chi connectivity index (χ0) is 13.0. The van der Waals surface area contributed by atoms with E-state index in [0.717, 1.165) is 25.9 Å². The van der Waals surface area contributed by atoms with Crippen LogP contribution in [0.3, 0.4) is 0 Å². The van der Waals surface area contributed by atoms with Crippen LogP contribution in [0.2, 0.25) is 5.02 Å². The summed E-state index contributed by atoms with van der Waals surface area (Å²) >= 11 is 5.64. The van der Waals surface area contributed by atoms with Gasteiger partial charge in [-0.05, 0) is 37.5 Å². The van der Waals surface area contributed by atoms with Gasteiger partial charge in [-0.3, -0.25) is 4.79 Å². The lowest BCUT2D eigenvalue weighted by atomic mass is 10.1. The number of ether oxygens (including phenoxy) is 1. The van der Waals surface area contributed by atoms with Gasteiger partial charge in [0, 0.05) is 12.3 Å². The standard InChI is InChI=1S/C13H15ClFNO2/c14-11-7-9(4-5-12(11)15)16-13(17)8-10-3-1-2-6-18-10/h4-5,7,10H,1-3,6,8H2,(H,16,17). The van der Waals surface area contributed by atoms with E-state index >= 15 is 0 Å². The molecule has 1 saturated heterocycles. The van der Waals surface area contributed by atoms with Gasteiger partial charge in [0.05, 0.1) is 17.5 Å². The van der Waals surface area contributed by atoms with E-state index in [9.17, 15) is 9.18 Å². The Morgan fingerprint density at radius 1 is 1.50 bits per heavy atom. The maximum absolute atomic E-state index is 12.9. The Morgan fingerprint density at radius 3 is 3.00 bits per heavy atom. The van der Waals surface area contributed by atoms with Crippen LogP contribution in [0.25, 0.3) is 0 Å². The Labute approximate surface area is 110 Å². The van der Waals surface area contributed by atoms with Crippen LogP contribution in [0.4, 0.5) is 10.1 Å². The molecule has 1 unspecified atom stereocenters. The van der Waals surface area contributed by atoms with Gasteiger partial charge in [-0.2, -0.15) is 0 Å². The van der Waals surface area contributed by atoms with Crippen molar-refractivity contribution in [2.24, 2.45) is 0 Å². The van der Waals surface area contributed by atoms with Gasteiger partial charge < -0.3 is 10.1 Å². The number of anilines is 1.